The Morgan fingerprint density at radius 1 is 1.24 bits per heavy atom. The molecule has 0 spiro atoms. The normalized spacial score (nSPS) is 32.1. The molecule has 1 aromatic rings. The monoisotopic (exact) mass is 241 g/mol. The molecule has 0 atom stereocenters. The zero-order valence-corrected chi connectivity index (χ0v) is 9.35. The van der Waals surface area contributed by atoms with Gasteiger partial charge in [-0.15, -0.1) is 0 Å². The number of halogens is 3. The standard InChI is InChI=1S/C13H14F3N/c14-13(15,16)11-3-1-2-10(6-11)12-7-9(8-12)4-5-17-12/h1-3,6,9,17H,4-5,7-8H2. The molecule has 1 nitrogen and oxygen atoms in total. The van der Waals surface area contributed by atoms with Gasteiger partial charge in [0.2, 0.25) is 0 Å². The van der Waals surface area contributed by atoms with E-state index >= 15 is 0 Å². The van der Waals surface area contributed by atoms with Crippen molar-refractivity contribution in [2.24, 2.45) is 5.92 Å². The highest BCUT2D eigenvalue weighted by Crippen LogP contribution is 2.50. The summed E-state index contributed by atoms with van der Waals surface area (Å²) < 4.78 is 38.0. The van der Waals surface area contributed by atoms with Crippen molar-refractivity contribution in [1.29, 1.82) is 0 Å². The van der Waals surface area contributed by atoms with Crippen LogP contribution in [0.1, 0.15) is 30.4 Å². The highest BCUT2D eigenvalue weighted by Gasteiger charge is 2.48. The number of piperidine rings is 2. The van der Waals surface area contributed by atoms with Gasteiger partial charge in [0.1, 0.15) is 0 Å². The first-order valence-corrected chi connectivity index (χ1v) is 5.92. The van der Waals surface area contributed by atoms with Gasteiger partial charge in [0.25, 0.3) is 0 Å². The van der Waals surface area contributed by atoms with Crippen LogP contribution in [0.15, 0.2) is 24.3 Å². The van der Waals surface area contributed by atoms with Gasteiger partial charge in [-0.1, -0.05) is 12.1 Å². The minimum Gasteiger partial charge on any atom is -0.307 e. The van der Waals surface area contributed by atoms with Crippen molar-refractivity contribution in [2.75, 3.05) is 6.54 Å². The highest BCUT2D eigenvalue weighted by atomic mass is 19.4. The van der Waals surface area contributed by atoms with Crippen LogP contribution in [0.4, 0.5) is 13.2 Å². The van der Waals surface area contributed by atoms with Crippen molar-refractivity contribution in [3.8, 4) is 0 Å². The largest absolute Gasteiger partial charge is 0.416 e. The number of nitrogens with one attached hydrogen (secondary N) is 1. The van der Waals surface area contributed by atoms with Crippen molar-refractivity contribution >= 4 is 0 Å². The number of fused-ring (bicyclic) bond motifs is 2. The third-order valence-corrected chi connectivity index (χ3v) is 4.03. The fraction of sp³-hybridized carbons (Fsp3) is 0.538. The number of alkyl halides is 3. The van der Waals surface area contributed by atoms with Crippen molar-refractivity contribution in [3.05, 3.63) is 35.4 Å². The molecule has 1 N–H and O–H groups in total. The Kier molecular flexibility index (Phi) is 2.27. The zero-order valence-electron chi connectivity index (χ0n) is 9.35. The first kappa shape index (κ1) is 11.1. The Hall–Kier alpha value is -1.03. The number of hydrogen-bond acceptors (Lipinski definition) is 1. The molecule has 3 fully saturated rings. The maximum Gasteiger partial charge on any atom is 0.416 e. The predicted molar refractivity (Wildman–Crippen MR) is 58.5 cm³/mol. The van der Waals surface area contributed by atoms with Crippen LogP contribution in [-0.4, -0.2) is 6.54 Å². The minimum absolute atomic E-state index is 0.176. The summed E-state index contributed by atoms with van der Waals surface area (Å²) in [6, 6.07) is 5.76. The summed E-state index contributed by atoms with van der Waals surface area (Å²) in [6.07, 6.45) is -1.13. The van der Waals surface area contributed by atoms with E-state index in [-0.39, 0.29) is 5.54 Å². The van der Waals surface area contributed by atoms with Gasteiger partial charge in [-0.05, 0) is 49.4 Å². The topological polar surface area (TPSA) is 12.0 Å². The Morgan fingerprint density at radius 3 is 2.59 bits per heavy atom. The van der Waals surface area contributed by atoms with Gasteiger partial charge >= 0.3 is 6.18 Å². The van der Waals surface area contributed by atoms with Gasteiger partial charge in [0, 0.05) is 5.54 Å². The molecule has 1 saturated carbocycles. The Morgan fingerprint density at radius 2 is 2.00 bits per heavy atom. The van der Waals surface area contributed by atoms with Gasteiger partial charge in [0.15, 0.2) is 0 Å². The van der Waals surface area contributed by atoms with Crippen molar-refractivity contribution in [1.82, 2.24) is 5.32 Å². The molecule has 4 heteroatoms. The SMILES string of the molecule is FC(F)(F)c1cccc(C23CC(CCN2)C3)c1. The van der Waals surface area contributed by atoms with Crippen LogP contribution in [0.5, 0.6) is 0 Å². The first-order valence-electron chi connectivity index (χ1n) is 5.92. The van der Waals surface area contributed by atoms with Crippen LogP contribution in [0.2, 0.25) is 0 Å². The molecule has 0 radical (unpaired) electrons. The summed E-state index contributed by atoms with van der Waals surface area (Å²) >= 11 is 0. The molecule has 1 aromatic carbocycles. The van der Waals surface area contributed by atoms with E-state index in [0.717, 1.165) is 37.4 Å². The van der Waals surface area contributed by atoms with Crippen LogP contribution in [0.25, 0.3) is 0 Å². The summed E-state index contributed by atoms with van der Waals surface area (Å²) in [5, 5.41) is 3.39. The molecule has 2 heterocycles. The highest BCUT2D eigenvalue weighted by molar-refractivity contribution is 5.34. The lowest BCUT2D eigenvalue weighted by atomic mass is 9.61. The lowest BCUT2D eigenvalue weighted by Gasteiger charge is -2.53. The number of rotatable bonds is 1. The van der Waals surface area contributed by atoms with Gasteiger partial charge in [0.05, 0.1) is 5.56 Å². The molecule has 2 saturated heterocycles. The fourth-order valence-corrected chi connectivity index (χ4v) is 3.12. The van der Waals surface area contributed by atoms with E-state index in [4.69, 9.17) is 0 Å². The third kappa shape index (κ3) is 1.75. The van der Waals surface area contributed by atoms with Gasteiger partial charge in [-0.3, -0.25) is 0 Å². The maximum absolute atomic E-state index is 12.7. The zero-order chi connectivity index (χ0) is 12.1. The van der Waals surface area contributed by atoms with E-state index in [0.29, 0.717) is 5.92 Å². The van der Waals surface area contributed by atoms with Crippen molar-refractivity contribution in [3.63, 3.8) is 0 Å². The second-order valence-corrected chi connectivity index (χ2v) is 5.15. The van der Waals surface area contributed by atoms with Gasteiger partial charge in [-0.25, -0.2) is 0 Å². The van der Waals surface area contributed by atoms with Crippen LogP contribution in [0.3, 0.4) is 0 Å². The molecule has 92 valence electrons. The number of hydrogen-bond donors (Lipinski definition) is 1. The van der Waals surface area contributed by atoms with Crippen LogP contribution in [-0.2, 0) is 11.7 Å². The molecular weight excluding hydrogens is 227 g/mol. The average Bonchev–Trinajstić information content (AvgIpc) is 2.28. The molecule has 4 rings (SSSR count). The Bertz CT molecular complexity index is 427. The maximum atomic E-state index is 12.7. The predicted octanol–water partition coefficient (Wildman–Crippen LogP) is 3.30. The summed E-state index contributed by atoms with van der Waals surface area (Å²) in [5.41, 5.74) is 0.0768. The molecule has 3 aliphatic rings. The summed E-state index contributed by atoms with van der Waals surface area (Å²) in [4.78, 5) is 0. The second-order valence-electron chi connectivity index (χ2n) is 5.15. The van der Waals surface area contributed by atoms with Gasteiger partial charge in [-0.2, -0.15) is 13.2 Å². The quantitative estimate of drug-likeness (QED) is 0.795. The lowest BCUT2D eigenvalue weighted by Crippen LogP contribution is -2.57. The molecule has 17 heavy (non-hydrogen) atoms. The molecule has 0 amide bonds. The van der Waals surface area contributed by atoms with E-state index < -0.39 is 11.7 Å². The smallest absolute Gasteiger partial charge is 0.307 e. The van der Waals surface area contributed by atoms with Crippen LogP contribution < -0.4 is 5.32 Å². The lowest BCUT2D eigenvalue weighted by molar-refractivity contribution is -0.137. The Labute approximate surface area is 98.0 Å². The van der Waals surface area contributed by atoms with Gasteiger partial charge < -0.3 is 5.32 Å². The van der Waals surface area contributed by atoms with Crippen molar-refractivity contribution < 1.29 is 13.2 Å². The minimum atomic E-state index is -4.25. The average molecular weight is 241 g/mol. The fourth-order valence-electron chi connectivity index (χ4n) is 3.12. The first-order chi connectivity index (χ1) is 8.00. The van der Waals surface area contributed by atoms with E-state index in [1.807, 2.05) is 6.07 Å². The number of benzene rings is 1. The molecule has 1 aliphatic carbocycles. The second kappa shape index (κ2) is 3.48. The van der Waals surface area contributed by atoms with E-state index in [9.17, 15) is 13.2 Å². The van der Waals surface area contributed by atoms with E-state index in [1.165, 1.54) is 12.1 Å². The van der Waals surface area contributed by atoms with E-state index in [2.05, 4.69) is 5.32 Å². The third-order valence-electron chi connectivity index (χ3n) is 4.03. The van der Waals surface area contributed by atoms with Crippen LogP contribution >= 0.6 is 0 Å². The summed E-state index contributed by atoms with van der Waals surface area (Å²) in [5.74, 6) is 0.700. The van der Waals surface area contributed by atoms with Crippen molar-refractivity contribution in [2.45, 2.75) is 31.0 Å². The molecule has 0 aromatic heterocycles. The summed E-state index contributed by atoms with van der Waals surface area (Å²) in [7, 11) is 0. The van der Waals surface area contributed by atoms with E-state index in [1.54, 1.807) is 0 Å². The van der Waals surface area contributed by atoms with Crippen LogP contribution in [0, 0.1) is 5.92 Å². The molecule has 2 bridgehead atoms. The Balaban J connectivity index is 1.94. The summed E-state index contributed by atoms with van der Waals surface area (Å²) in [6.45, 7) is 0.918. The molecular formula is C13H14F3N. The molecule has 2 aliphatic heterocycles. The molecule has 0 unspecified atom stereocenters.